The molecule has 1 aromatic carbocycles. The second-order valence-corrected chi connectivity index (χ2v) is 5.80. The number of hydrogen-bond donors (Lipinski definition) is 0. The van der Waals surface area contributed by atoms with E-state index in [2.05, 4.69) is 29.8 Å². The quantitative estimate of drug-likeness (QED) is 0.657. The number of benzene rings is 1. The number of halogens is 2. The Balaban J connectivity index is 3.15. The monoisotopic (exact) mass is 343 g/mol. The van der Waals surface area contributed by atoms with E-state index in [-0.39, 0.29) is 17.8 Å². The van der Waals surface area contributed by atoms with Crippen LogP contribution in [-0.2, 0) is 4.79 Å². The fourth-order valence-electron chi connectivity index (χ4n) is 2.43. The van der Waals surface area contributed by atoms with Gasteiger partial charge in [-0.2, -0.15) is 0 Å². The molecule has 0 aliphatic heterocycles. The molecule has 0 aliphatic carbocycles. The van der Waals surface area contributed by atoms with Crippen molar-refractivity contribution in [2.24, 2.45) is 0 Å². The van der Waals surface area contributed by atoms with Crippen molar-refractivity contribution >= 4 is 27.5 Å². The van der Waals surface area contributed by atoms with Crippen molar-refractivity contribution in [2.75, 3.05) is 4.90 Å². The Morgan fingerprint density at radius 3 is 2.30 bits per heavy atom. The fourth-order valence-corrected chi connectivity index (χ4v) is 2.80. The van der Waals surface area contributed by atoms with Gasteiger partial charge in [0.05, 0.1) is 4.47 Å². The number of carbonyl (C=O) groups excluding carboxylic acids is 1. The Morgan fingerprint density at radius 1 is 1.25 bits per heavy atom. The molecule has 20 heavy (non-hydrogen) atoms. The van der Waals surface area contributed by atoms with Crippen molar-refractivity contribution in [3.63, 3.8) is 0 Å². The second-order valence-electron chi connectivity index (χ2n) is 4.95. The first-order valence-corrected chi connectivity index (χ1v) is 8.11. The Morgan fingerprint density at radius 2 is 1.85 bits per heavy atom. The van der Waals surface area contributed by atoms with Crippen molar-refractivity contribution in [1.29, 1.82) is 0 Å². The molecule has 0 heterocycles. The van der Waals surface area contributed by atoms with Crippen LogP contribution < -0.4 is 4.90 Å². The van der Waals surface area contributed by atoms with Crippen LogP contribution in [0.5, 0.6) is 0 Å². The molecule has 2 nitrogen and oxygen atoms in total. The van der Waals surface area contributed by atoms with Gasteiger partial charge in [-0.25, -0.2) is 4.39 Å². The Bertz CT molecular complexity index is 444. The molecule has 0 unspecified atom stereocenters. The van der Waals surface area contributed by atoms with Gasteiger partial charge >= 0.3 is 0 Å². The Labute approximate surface area is 129 Å². The van der Waals surface area contributed by atoms with E-state index in [0.717, 1.165) is 31.4 Å². The third-order valence-corrected chi connectivity index (χ3v) is 3.97. The van der Waals surface area contributed by atoms with Crippen molar-refractivity contribution in [1.82, 2.24) is 0 Å². The molecule has 4 heteroatoms. The summed E-state index contributed by atoms with van der Waals surface area (Å²) in [5, 5.41) is 0. The van der Waals surface area contributed by atoms with Crippen LogP contribution in [0, 0.1) is 5.82 Å². The molecule has 0 N–H and O–H groups in total. The predicted molar refractivity (Wildman–Crippen MR) is 85.5 cm³/mol. The number of carbonyl (C=O) groups is 1. The van der Waals surface area contributed by atoms with Gasteiger partial charge in [-0.15, -0.1) is 0 Å². The summed E-state index contributed by atoms with van der Waals surface area (Å²) in [5.41, 5.74) is 0.775. The molecule has 0 radical (unpaired) electrons. The highest BCUT2D eigenvalue weighted by atomic mass is 79.9. The highest BCUT2D eigenvalue weighted by Crippen LogP contribution is 2.27. The molecule has 0 saturated heterocycles. The number of nitrogens with zero attached hydrogens (tertiary/aromatic N) is 1. The molecule has 1 amide bonds. The molecular formula is C16H23BrFNO. The molecule has 112 valence electrons. The SMILES string of the molecule is CCCC(CCC)N(C(=O)CC)c1ccc(F)c(Br)c1. The van der Waals surface area contributed by atoms with Gasteiger partial charge < -0.3 is 4.90 Å². The van der Waals surface area contributed by atoms with Crippen LogP contribution >= 0.6 is 15.9 Å². The normalized spacial score (nSPS) is 10.9. The minimum absolute atomic E-state index is 0.0930. The average molecular weight is 344 g/mol. The maximum Gasteiger partial charge on any atom is 0.226 e. The van der Waals surface area contributed by atoms with Crippen molar-refractivity contribution in [3.05, 3.63) is 28.5 Å². The number of hydrogen-bond acceptors (Lipinski definition) is 1. The highest BCUT2D eigenvalue weighted by molar-refractivity contribution is 9.10. The van der Waals surface area contributed by atoms with Gasteiger partial charge in [-0.05, 0) is 47.0 Å². The first-order chi connectivity index (χ1) is 9.54. The molecule has 0 atom stereocenters. The number of rotatable bonds is 7. The lowest BCUT2D eigenvalue weighted by molar-refractivity contribution is -0.118. The van der Waals surface area contributed by atoms with Gasteiger partial charge in [0.15, 0.2) is 0 Å². The lowest BCUT2D eigenvalue weighted by atomic mass is 10.0. The van der Waals surface area contributed by atoms with Crippen molar-refractivity contribution < 1.29 is 9.18 Å². The van der Waals surface area contributed by atoms with Crippen molar-refractivity contribution in [3.8, 4) is 0 Å². The Kier molecular flexibility index (Phi) is 7.20. The van der Waals surface area contributed by atoms with Crippen LogP contribution in [0.1, 0.15) is 52.9 Å². The summed E-state index contributed by atoms with van der Waals surface area (Å²) < 4.78 is 13.8. The lowest BCUT2D eigenvalue weighted by Gasteiger charge is -2.32. The summed E-state index contributed by atoms with van der Waals surface area (Å²) in [5.74, 6) is -0.212. The van der Waals surface area contributed by atoms with Gasteiger partial charge in [-0.1, -0.05) is 33.6 Å². The maximum atomic E-state index is 13.4. The van der Waals surface area contributed by atoms with Gasteiger partial charge in [0, 0.05) is 18.2 Å². The van der Waals surface area contributed by atoms with Gasteiger partial charge in [-0.3, -0.25) is 4.79 Å². The molecular weight excluding hydrogens is 321 g/mol. The van der Waals surface area contributed by atoms with Crippen LogP contribution in [-0.4, -0.2) is 11.9 Å². The van der Waals surface area contributed by atoms with E-state index in [1.807, 2.05) is 11.8 Å². The average Bonchev–Trinajstić information content (AvgIpc) is 2.43. The summed E-state index contributed by atoms with van der Waals surface area (Å²) in [6, 6.07) is 4.98. The molecule has 0 aromatic heterocycles. The number of amides is 1. The van der Waals surface area contributed by atoms with E-state index in [4.69, 9.17) is 0 Å². The summed E-state index contributed by atoms with van der Waals surface area (Å²) >= 11 is 3.20. The molecule has 0 bridgehead atoms. The van der Waals surface area contributed by atoms with Crippen molar-refractivity contribution in [2.45, 2.75) is 58.9 Å². The first kappa shape index (κ1) is 17.2. The smallest absolute Gasteiger partial charge is 0.226 e. The molecule has 0 aliphatic rings. The maximum absolute atomic E-state index is 13.4. The molecule has 0 saturated carbocycles. The molecule has 0 spiro atoms. The third-order valence-electron chi connectivity index (χ3n) is 3.36. The minimum atomic E-state index is -0.305. The topological polar surface area (TPSA) is 20.3 Å². The van der Waals surface area contributed by atoms with Crippen LogP contribution in [0.25, 0.3) is 0 Å². The minimum Gasteiger partial charge on any atom is -0.309 e. The van der Waals surface area contributed by atoms with E-state index in [9.17, 15) is 9.18 Å². The Hall–Kier alpha value is -0.900. The summed E-state index contributed by atoms with van der Waals surface area (Å²) in [6.45, 7) is 6.11. The third kappa shape index (κ3) is 4.30. The van der Waals surface area contributed by atoms with E-state index in [1.165, 1.54) is 6.07 Å². The highest BCUT2D eigenvalue weighted by Gasteiger charge is 2.23. The fraction of sp³-hybridized carbons (Fsp3) is 0.562. The van der Waals surface area contributed by atoms with Crippen LogP contribution in [0.4, 0.5) is 10.1 Å². The van der Waals surface area contributed by atoms with Gasteiger partial charge in [0.25, 0.3) is 0 Å². The van der Waals surface area contributed by atoms with Crippen LogP contribution in [0.2, 0.25) is 0 Å². The van der Waals surface area contributed by atoms with E-state index < -0.39 is 0 Å². The lowest BCUT2D eigenvalue weighted by Crippen LogP contribution is -2.40. The molecule has 1 rings (SSSR count). The van der Waals surface area contributed by atoms with E-state index in [1.54, 1.807) is 12.1 Å². The summed E-state index contributed by atoms with van der Waals surface area (Å²) in [4.78, 5) is 14.2. The van der Waals surface area contributed by atoms with E-state index >= 15 is 0 Å². The molecule has 1 aromatic rings. The van der Waals surface area contributed by atoms with Crippen LogP contribution in [0.15, 0.2) is 22.7 Å². The standard InChI is InChI=1S/C16H23BrFNO/c1-4-7-12(8-5-2)19(16(20)6-3)13-9-10-15(18)14(17)11-13/h9-12H,4-8H2,1-3H3. The zero-order valence-electron chi connectivity index (χ0n) is 12.5. The summed E-state index contributed by atoms with van der Waals surface area (Å²) in [6.07, 6.45) is 4.45. The second kappa shape index (κ2) is 8.40. The van der Waals surface area contributed by atoms with Gasteiger partial charge in [0.2, 0.25) is 5.91 Å². The molecule has 0 fully saturated rings. The number of anilines is 1. The zero-order chi connectivity index (χ0) is 15.1. The van der Waals surface area contributed by atoms with Gasteiger partial charge in [0.1, 0.15) is 5.82 Å². The predicted octanol–water partition coefficient (Wildman–Crippen LogP) is 5.30. The van der Waals surface area contributed by atoms with E-state index in [0.29, 0.717) is 10.9 Å². The first-order valence-electron chi connectivity index (χ1n) is 7.32. The largest absolute Gasteiger partial charge is 0.309 e. The van der Waals surface area contributed by atoms with Crippen LogP contribution in [0.3, 0.4) is 0 Å². The summed E-state index contributed by atoms with van der Waals surface area (Å²) in [7, 11) is 0. The zero-order valence-corrected chi connectivity index (χ0v) is 14.0.